The molecule has 0 spiro atoms. The molecular formula is C8H12ClN5O. The molecule has 6 nitrogen and oxygen atoms in total. The fraction of sp³-hybridized carbons (Fsp3) is 0.375. The first-order valence-corrected chi connectivity index (χ1v) is 4.73. The van der Waals surface area contributed by atoms with E-state index in [9.17, 15) is 4.79 Å². The van der Waals surface area contributed by atoms with Gasteiger partial charge in [-0.25, -0.2) is 9.97 Å². The first kappa shape index (κ1) is 11.5. The van der Waals surface area contributed by atoms with Gasteiger partial charge in [0.25, 0.3) is 0 Å². The molecule has 1 heterocycles. The molecule has 7 heteroatoms. The van der Waals surface area contributed by atoms with Gasteiger partial charge >= 0.3 is 0 Å². The van der Waals surface area contributed by atoms with Crippen molar-refractivity contribution >= 4 is 29.1 Å². The second-order valence-corrected chi connectivity index (χ2v) is 3.25. The van der Waals surface area contributed by atoms with E-state index in [0.29, 0.717) is 12.4 Å². The van der Waals surface area contributed by atoms with Crippen LogP contribution in [0.5, 0.6) is 0 Å². The Morgan fingerprint density at radius 3 is 2.80 bits per heavy atom. The molecule has 0 saturated heterocycles. The van der Waals surface area contributed by atoms with Crippen molar-refractivity contribution in [2.45, 2.75) is 6.92 Å². The van der Waals surface area contributed by atoms with E-state index in [1.54, 1.807) is 4.90 Å². The third-order valence-corrected chi connectivity index (χ3v) is 2.19. The predicted octanol–water partition coefficient (Wildman–Crippen LogP) is 0.0238. The topological polar surface area (TPSA) is 98.1 Å². The first-order chi connectivity index (χ1) is 7.06. The SMILES string of the molecule is CCN(CC(N)=O)c1ncnc(N)c1Cl. The minimum Gasteiger partial charge on any atom is -0.382 e. The average molecular weight is 230 g/mol. The molecule has 0 aliphatic carbocycles. The van der Waals surface area contributed by atoms with Crippen LogP contribution in [0, 0.1) is 0 Å². The summed E-state index contributed by atoms with van der Waals surface area (Å²) in [5, 5.41) is 0.237. The Kier molecular flexibility index (Phi) is 3.68. The number of amides is 1. The summed E-state index contributed by atoms with van der Waals surface area (Å²) in [6.45, 7) is 2.46. The summed E-state index contributed by atoms with van der Waals surface area (Å²) in [6.07, 6.45) is 1.29. The lowest BCUT2D eigenvalue weighted by Crippen LogP contribution is -2.34. The lowest BCUT2D eigenvalue weighted by molar-refractivity contribution is -0.116. The van der Waals surface area contributed by atoms with Crippen LogP contribution in [-0.2, 0) is 4.79 Å². The second kappa shape index (κ2) is 4.79. The summed E-state index contributed by atoms with van der Waals surface area (Å²) in [6, 6.07) is 0. The lowest BCUT2D eigenvalue weighted by atomic mass is 10.4. The number of nitrogen functional groups attached to an aromatic ring is 1. The average Bonchev–Trinajstić information content (AvgIpc) is 2.19. The van der Waals surface area contributed by atoms with Crippen LogP contribution in [0.2, 0.25) is 5.02 Å². The maximum absolute atomic E-state index is 10.8. The van der Waals surface area contributed by atoms with Crippen molar-refractivity contribution in [2.75, 3.05) is 23.7 Å². The van der Waals surface area contributed by atoms with Crippen LogP contribution in [0.4, 0.5) is 11.6 Å². The second-order valence-electron chi connectivity index (χ2n) is 2.88. The molecule has 4 N–H and O–H groups in total. The third kappa shape index (κ3) is 2.69. The maximum Gasteiger partial charge on any atom is 0.236 e. The number of nitrogens with two attached hydrogens (primary N) is 2. The highest BCUT2D eigenvalue weighted by atomic mass is 35.5. The zero-order valence-electron chi connectivity index (χ0n) is 8.27. The summed E-state index contributed by atoms with van der Waals surface area (Å²) < 4.78 is 0. The Hall–Kier alpha value is -1.56. The Labute approximate surface area is 92.2 Å². The molecule has 0 aromatic carbocycles. The van der Waals surface area contributed by atoms with E-state index >= 15 is 0 Å². The molecule has 1 amide bonds. The number of anilines is 2. The number of hydrogen-bond acceptors (Lipinski definition) is 5. The molecule has 1 aromatic rings. The maximum atomic E-state index is 10.8. The number of carbonyl (C=O) groups is 1. The van der Waals surface area contributed by atoms with E-state index in [4.69, 9.17) is 23.1 Å². The number of halogens is 1. The van der Waals surface area contributed by atoms with Gasteiger partial charge in [-0.2, -0.15) is 0 Å². The van der Waals surface area contributed by atoms with Crippen molar-refractivity contribution in [3.63, 3.8) is 0 Å². The smallest absolute Gasteiger partial charge is 0.236 e. The first-order valence-electron chi connectivity index (χ1n) is 4.35. The standard InChI is InChI=1S/C8H12ClN5O/c1-2-14(3-5(10)15)8-6(9)7(11)12-4-13-8/h4H,2-3H2,1H3,(H2,10,15)(H2,11,12,13). The van der Waals surface area contributed by atoms with Crippen LogP contribution in [-0.4, -0.2) is 29.0 Å². The Morgan fingerprint density at radius 2 is 2.27 bits per heavy atom. The summed E-state index contributed by atoms with van der Waals surface area (Å²) in [7, 11) is 0. The fourth-order valence-electron chi connectivity index (χ4n) is 1.12. The van der Waals surface area contributed by atoms with Crippen LogP contribution >= 0.6 is 11.6 Å². The van der Waals surface area contributed by atoms with E-state index < -0.39 is 5.91 Å². The van der Waals surface area contributed by atoms with Crippen molar-refractivity contribution in [3.05, 3.63) is 11.3 Å². The van der Waals surface area contributed by atoms with Crippen LogP contribution in [0.25, 0.3) is 0 Å². The van der Waals surface area contributed by atoms with E-state index in [0.717, 1.165) is 0 Å². The molecule has 0 aliphatic heterocycles. The molecule has 0 radical (unpaired) electrons. The number of likely N-dealkylation sites (N-methyl/N-ethyl adjacent to an activating group) is 1. The van der Waals surface area contributed by atoms with Gasteiger partial charge < -0.3 is 16.4 Å². The Balaban J connectivity index is 3.01. The zero-order chi connectivity index (χ0) is 11.4. The minimum atomic E-state index is -0.454. The summed E-state index contributed by atoms with van der Waals surface area (Å²) >= 11 is 5.91. The lowest BCUT2D eigenvalue weighted by Gasteiger charge is -2.21. The normalized spacial score (nSPS) is 10.0. The van der Waals surface area contributed by atoms with Gasteiger partial charge in [0.2, 0.25) is 5.91 Å². The van der Waals surface area contributed by atoms with Crippen molar-refractivity contribution in [3.8, 4) is 0 Å². The number of rotatable bonds is 4. The number of nitrogens with zero attached hydrogens (tertiary/aromatic N) is 3. The van der Waals surface area contributed by atoms with Crippen molar-refractivity contribution < 1.29 is 4.79 Å². The van der Waals surface area contributed by atoms with Gasteiger partial charge in [0.1, 0.15) is 17.2 Å². The molecule has 0 bridgehead atoms. The minimum absolute atomic E-state index is 0.0483. The molecule has 0 fully saturated rings. The van der Waals surface area contributed by atoms with Crippen molar-refractivity contribution in [1.82, 2.24) is 9.97 Å². The summed E-state index contributed by atoms with van der Waals surface area (Å²) in [4.78, 5) is 20.1. The van der Waals surface area contributed by atoms with E-state index in [1.165, 1.54) is 6.33 Å². The molecule has 1 aromatic heterocycles. The molecule has 15 heavy (non-hydrogen) atoms. The van der Waals surface area contributed by atoms with Gasteiger partial charge in [-0.05, 0) is 6.92 Å². The number of primary amides is 1. The molecule has 0 unspecified atom stereocenters. The van der Waals surface area contributed by atoms with Gasteiger partial charge in [-0.3, -0.25) is 4.79 Å². The number of hydrogen-bond donors (Lipinski definition) is 2. The Bertz CT molecular complexity index is 370. The van der Waals surface area contributed by atoms with E-state index in [2.05, 4.69) is 9.97 Å². The highest BCUT2D eigenvalue weighted by Gasteiger charge is 2.14. The molecule has 1 rings (SSSR count). The van der Waals surface area contributed by atoms with Crippen LogP contribution in [0.15, 0.2) is 6.33 Å². The van der Waals surface area contributed by atoms with Gasteiger partial charge in [0.15, 0.2) is 5.82 Å². The van der Waals surface area contributed by atoms with Gasteiger partial charge in [0.05, 0.1) is 6.54 Å². The van der Waals surface area contributed by atoms with Crippen LogP contribution in [0.3, 0.4) is 0 Å². The van der Waals surface area contributed by atoms with E-state index in [1.807, 2.05) is 6.92 Å². The number of aromatic nitrogens is 2. The van der Waals surface area contributed by atoms with Gasteiger partial charge in [0, 0.05) is 6.54 Å². The fourth-order valence-corrected chi connectivity index (χ4v) is 1.34. The molecule has 0 atom stereocenters. The van der Waals surface area contributed by atoms with Crippen LogP contribution in [0.1, 0.15) is 6.92 Å². The number of carbonyl (C=O) groups excluding carboxylic acids is 1. The summed E-state index contributed by atoms with van der Waals surface area (Å²) in [5.41, 5.74) is 10.6. The molecule has 82 valence electrons. The molecular weight excluding hydrogens is 218 g/mol. The molecule has 0 saturated carbocycles. The van der Waals surface area contributed by atoms with Gasteiger partial charge in [-0.1, -0.05) is 11.6 Å². The monoisotopic (exact) mass is 229 g/mol. The van der Waals surface area contributed by atoms with Crippen molar-refractivity contribution in [2.24, 2.45) is 5.73 Å². The Morgan fingerprint density at radius 1 is 1.60 bits per heavy atom. The quantitative estimate of drug-likeness (QED) is 0.759. The highest BCUT2D eigenvalue weighted by Crippen LogP contribution is 2.26. The van der Waals surface area contributed by atoms with Gasteiger partial charge in [-0.15, -0.1) is 0 Å². The largest absolute Gasteiger partial charge is 0.382 e. The highest BCUT2D eigenvalue weighted by molar-refractivity contribution is 6.35. The zero-order valence-corrected chi connectivity index (χ0v) is 9.03. The van der Waals surface area contributed by atoms with E-state index in [-0.39, 0.29) is 17.4 Å². The van der Waals surface area contributed by atoms with Crippen LogP contribution < -0.4 is 16.4 Å². The predicted molar refractivity (Wildman–Crippen MR) is 58.5 cm³/mol. The third-order valence-electron chi connectivity index (χ3n) is 1.83. The molecule has 0 aliphatic rings. The van der Waals surface area contributed by atoms with Crippen molar-refractivity contribution in [1.29, 1.82) is 0 Å². The summed E-state index contributed by atoms with van der Waals surface area (Å²) in [5.74, 6) is 0.153.